The van der Waals surface area contributed by atoms with Gasteiger partial charge < -0.3 is 16.6 Å². The van der Waals surface area contributed by atoms with Crippen LogP contribution in [0.3, 0.4) is 0 Å². The third kappa shape index (κ3) is 6.52. The molecule has 17 heavy (non-hydrogen) atoms. The Balaban J connectivity index is 0.000000770. The molecule has 7 heteroatoms. The van der Waals surface area contributed by atoms with E-state index in [1.807, 2.05) is 0 Å². The molecule has 0 aliphatic rings. The molecule has 0 heterocycles. The van der Waals surface area contributed by atoms with Gasteiger partial charge in [-0.25, -0.2) is 9.38 Å². The first kappa shape index (κ1) is 15.4. The van der Waals surface area contributed by atoms with Crippen LogP contribution in [0.2, 0.25) is 0 Å². The first-order valence-electron chi connectivity index (χ1n) is 4.51. The summed E-state index contributed by atoms with van der Waals surface area (Å²) in [4.78, 5) is 12.2. The Kier molecular flexibility index (Phi) is 7.70. The first-order valence-corrected chi connectivity index (χ1v) is 5.31. The van der Waals surface area contributed by atoms with Crippen molar-refractivity contribution in [2.75, 3.05) is 0 Å². The molecule has 5 N–H and O–H groups in total. The molecule has 0 fully saturated rings. The fraction of sp³-hybridized carbons (Fsp3) is 0.200. The number of nitrogens with zero attached hydrogens (tertiary/aromatic N) is 1. The molecule has 0 saturated carbocycles. The van der Waals surface area contributed by atoms with E-state index < -0.39 is 6.67 Å². The molecule has 0 aliphatic heterocycles. The van der Waals surface area contributed by atoms with Gasteiger partial charge in [-0.15, -0.1) is 0 Å². The van der Waals surface area contributed by atoms with Crippen molar-refractivity contribution in [1.29, 1.82) is 0 Å². The molecule has 0 radical (unpaired) electrons. The second kappa shape index (κ2) is 8.51. The monoisotopic (exact) mass is 304 g/mol. The zero-order chi connectivity index (χ0) is 13.3. The predicted octanol–water partition coefficient (Wildman–Crippen LogP) is 1.39. The molecular formula is C10H13BrFN3O2. The van der Waals surface area contributed by atoms with E-state index in [0.29, 0.717) is 12.1 Å². The normalized spacial score (nSPS) is 8.82. The largest absolute Gasteiger partial charge is 0.483 e. The van der Waals surface area contributed by atoms with Gasteiger partial charge in [-0.3, -0.25) is 4.79 Å². The standard InChI is InChI=1S/C9H11BrFN3.CH2O2/c10-8-3-6(5-14-9(12)13)1-2-7(8)4-11;2-1-3/h1-3H,4-5H2,(H4,12,13,14);1H,(H,2,3)/i11-1;. The number of guanidine groups is 1. The molecule has 0 aliphatic carbocycles. The molecule has 0 unspecified atom stereocenters. The summed E-state index contributed by atoms with van der Waals surface area (Å²) in [6.07, 6.45) is 0. The minimum Gasteiger partial charge on any atom is -0.483 e. The summed E-state index contributed by atoms with van der Waals surface area (Å²) in [5, 5.41) is 6.89. The van der Waals surface area contributed by atoms with E-state index >= 15 is 0 Å². The van der Waals surface area contributed by atoms with E-state index in [1.165, 1.54) is 0 Å². The summed E-state index contributed by atoms with van der Waals surface area (Å²) in [6, 6.07) is 5.31. The number of alkyl halides is 1. The molecule has 0 aromatic heterocycles. The molecule has 1 aromatic carbocycles. The van der Waals surface area contributed by atoms with Crippen LogP contribution in [0.25, 0.3) is 0 Å². The number of hydrogen-bond donors (Lipinski definition) is 3. The Morgan fingerprint density at radius 2 is 2.12 bits per heavy atom. The van der Waals surface area contributed by atoms with Crippen LogP contribution in [0.1, 0.15) is 11.1 Å². The van der Waals surface area contributed by atoms with Gasteiger partial charge in [0.15, 0.2) is 5.96 Å². The van der Waals surface area contributed by atoms with Gasteiger partial charge in [0.2, 0.25) is 0 Å². The lowest BCUT2D eigenvalue weighted by Gasteiger charge is -2.02. The molecule has 0 atom stereocenters. The first-order chi connectivity index (χ1) is 8.04. The minimum atomic E-state index is -0.483. The second-order valence-electron chi connectivity index (χ2n) is 2.91. The van der Waals surface area contributed by atoms with Gasteiger partial charge in [-0.1, -0.05) is 28.1 Å². The number of benzene rings is 1. The number of carbonyl (C=O) groups is 1. The zero-order valence-electron chi connectivity index (χ0n) is 8.94. The Morgan fingerprint density at radius 1 is 1.53 bits per heavy atom. The maximum atomic E-state index is 12.3. The van der Waals surface area contributed by atoms with Gasteiger partial charge >= 0.3 is 0 Å². The van der Waals surface area contributed by atoms with Gasteiger partial charge in [-0.05, 0) is 17.2 Å². The average Bonchev–Trinajstić information content (AvgIpc) is 2.27. The van der Waals surface area contributed by atoms with E-state index in [4.69, 9.17) is 21.4 Å². The highest BCUT2D eigenvalue weighted by molar-refractivity contribution is 9.10. The summed E-state index contributed by atoms with van der Waals surface area (Å²) in [7, 11) is 0. The molecule has 5 nitrogen and oxygen atoms in total. The van der Waals surface area contributed by atoms with Crippen molar-refractivity contribution >= 4 is 28.4 Å². The lowest BCUT2D eigenvalue weighted by molar-refractivity contribution is -0.122. The van der Waals surface area contributed by atoms with Crippen molar-refractivity contribution in [2.45, 2.75) is 13.2 Å². The third-order valence-electron chi connectivity index (χ3n) is 1.71. The maximum absolute atomic E-state index is 12.3. The molecule has 94 valence electrons. The molecule has 1 rings (SSSR count). The maximum Gasteiger partial charge on any atom is 0.290 e. The van der Waals surface area contributed by atoms with Crippen molar-refractivity contribution in [1.82, 2.24) is 0 Å². The summed E-state index contributed by atoms with van der Waals surface area (Å²) < 4.78 is 13.1. The van der Waals surface area contributed by atoms with Crippen LogP contribution in [-0.2, 0) is 18.0 Å². The van der Waals surface area contributed by atoms with E-state index in [9.17, 15) is 4.39 Å². The third-order valence-corrected chi connectivity index (χ3v) is 2.44. The number of carboxylic acid groups (broad SMARTS) is 1. The lowest BCUT2D eigenvalue weighted by Crippen LogP contribution is -2.22. The van der Waals surface area contributed by atoms with Crippen molar-refractivity contribution in [3.8, 4) is 0 Å². The van der Waals surface area contributed by atoms with Crippen molar-refractivity contribution in [3.05, 3.63) is 33.8 Å². The SMILES string of the molecule is NC(N)=NCc1ccc(C[18F])c(Br)c1.O=CO. The topological polar surface area (TPSA) is 102 Å². The molecule has 0 saturated heterocycles. The number of halogens is 2. The Labute approximate surface area is 106 Å². The van der Waals surface area contributed by atoms with Gasteiger partial charge in [0.1, 0.15) is 6.67 Å². The average molecular weight is 305 g/mol. The summed E-state index contributed by atoms with van der Waals surface area (Å²) in [6.45, 7) is -0.323. The summed E-state index contributed by atoms with van der Waals surface area (Å²) >= 11 is 3.26. The summed E-state index contributed by atoms with van der Waals surface area (Å²) in [5.74, 6) is 0.0516. The van der Waals surface area contributed by atoms with Crippen LogP contribution in [0.4, 0.5) is 4.39 Å². The predicted molar refractivity (Wildman–Crippen MR) is 67.2 cm³/mol. The van der Waals surface area contributed by atoms with Crippen LogP contribution in [-0.4, -0.2) is 17.5 Å². The highest BCUT2D eigenvalue weighted by Crippen LogP contribution is 2.19. The van der Waals surface area contributed by atoms with E-state index in [2.05, 4.69) is 20.9 Å². The molecule has 0 spiro atoms. The van der Waals surface area contributed by atoms with Crippen LogP contribution in [0.15, 0.2) is 27.7 Å². The quantitative estimate of drug-likeness (QED) is 0.446. The summed E-state index contributed by atoms with van der Waals surface area (Å²) in [5.41, 5.74) is 11.9. The van der Waals surface area contributed by atoms with Crippen molar-refractivity contribution in [3.63, 3.8) is 0 Å². The minimum absolute atomic E-state index is 0.0516. The van der Waals surface area contributed by atoms with Crippen LogP contribution >= 0.6 is 15.9 Å². The van der Waals surface area contributed by atoms with E-state index in [0.717, 1.165) is 10.0 Å². The molecule has 0 bridgehead atoms. The van der Waals surface area contributed by atoms with Crippen LogP contribution in [0.5, 0.6) is 0 Å². The van der Waals surface area contributed by atoms with Gasteiger partial charge in [0, 0.05) is 4.47 Å². The second-order valence-corrected chi connectivity index (χ2v) is 3.76. The number of nitrogens with two attached hydrogens (primary N) is 2. The zero-order valence-corrected chi connectivity index (χ0v) is 10.5. The fourth-order valence-corrected chi connectivity index (χ4v) is 1.51. The van der Waals surface area contributed by atoms with Crippen molar-refractivity contribution < 1.29 is 14.3 Å². The number of hydrogen-bond acceptors (Lipinski definition) is 2. The Bertz CT molecular complexity index is 395. The van der Waals surface area contributed by atoms with Crippen molar-refractivity contribution in [2.24, 2.45) is 16.5 Å². The van der Waals surface area contributed by atoms with Gasteiger partial charge in [0.25, 0.3) is 6.47 Å². The van der Waals surface area contributed by atoms with E-state index in [-0.39, 0.29) is 12.4 Å². The number of aliphatic imine (C=N–C) groups is 1. The fourth-order valence-electron chi connectivity index (χ4n) is 0.980. The van der Waals surface area contributed by atoms with Crippen LogP contribution < -0.4 is 11.5 Å². The smallest absolute Gasteiger partial charge is 0.290 e. The number of rotatable bonds is 3. The van der Waals surface area contributed by atoms with Crippen LogP contribution in [0, 0.1) is 0 Å². The van der Waals surface area contributed by atoms with E-state index in [1.54, 1.807) is 18.2 Å². The highest BCUT2D eigenvalue weighted by Gasteiger charge is 2.00. The Morgan fingerprint density at radius 3 is 2.53 bits per heavy atom. The van der Waals surface area contributed by atoms with Gasteiger partial charge in [0.05, 0.1) is 6.54 Å². The lowest BCUT2D eigenvalue weighted by atomic mass is 10.1. The highest BCUT2D eigenvalue weighted by atomic mass is 79.9. The molecule has 1 aromatic rings. The molecule has 0 amide bonds. The Hall–Kier alpha value is -1.63. The van der Waals surface area contributed by atoms with Gasteiger partial charge in [-0.2, -0.15) is 0 Å². The molecular weight excluding hydrogens is 292 g/mol.